The molecule has 0 bridgehead atoms. The van der Waals surface area contributed by atoms with Crippen molar-refractivity contribution in [3.05, 3.63) is 78.4 Å². The summed E-state index contributed by atoms with van der Waals surface area (Å²) in [7, 11) is 1.65. The van der Waals surface area contributed by atoms with E-state index in [1.807, 2.05) is 43.5 Å². The maximum absolute atomic E-state index is 5.23. The molecular formula is C25H25N5O. The Hall–Kier alpha value is -3.80. The number of benzene rings is 2. The maximum atomic E-state index is 5.23. The molecule has 0 aliphatic rings. The fourth-order valence-electron chi connectivity index (χ4n) is 3.44. The van der Waals surface area contributed by atoms with E-state index < -0.39 is 0 Å². The third-order valence-electron chi connectivity index (χ3n) is 5.06. The van der Waals surface area contributed by atoms with Gasteiger partial charge >= 0.3 is 0 Å². The van der Waals surface area contributed by atoms with Crippen LogP contribution in [-0.4, -0.2) is 32.3 Å². The molecule has 0 fully saturated rings. The van der Waals surface area contributed by atoms with Crippen LogP contribution in [0.2, 0.25) is 0 Å². The normalized spacial score (nSPS) is 10.7. The molecule has 6 nitrogen and oxygen atoms in total. The molecule has 3 heterocycles. The Morgan fingerprint density at radius 2 is 1.90 bits per heavy atom. The number of ether oxygens (including phenoxy) is 1. The Morgan fingerprint density at radius 3 is 2.68 bits per heavy atom. The maximum Gasteiger partial charge on any atom is 0.161 e. The second-order valence-electron chi connectivity index (χ2n) is 7.30. The quantitative estimate of drug-likeness (QED) is 0.421. The Morgan fingerprint density at radius 1 is 1.00 bits per heavy atom. The Kier molecular flexibility index (Phi) is 6.17. The molecule has 0 unspecified atom stereocenters. The number of aromatic nitrogens is 5. The fourth-order valence-corrected chi connectivity index (χ4v) is 3.44. The van der Waals surface area contributed by atoms with Gasteiger partial charge in [0.2, 0.25) is 0 Å². The third kappa shape index (κ3) is 4.69. The Bertz CT molecular complexity index is 1300. The van der Waals surface area contributed by atoms with Gasteiger partial charge in [-0.2, -0.15) is 5.10 Å². The van der Waals surface area contributed by atoms with Crippen LogP contribution in [0.15, 0.2) is 67.1 Å². The lowest BCUT2D eigenvalue weighted by molar-refractivity contribution is 0.415. The fraction of sp³-hybridized carbons (Fsp3) is 0.200. The second kappa shape index (κ2) is 9.34. The summed E-state index contributed by atoms with van der Waals surface area (Å²) in [4.78, 5) is 13.2. The van der Waals surface area contributed by atoms with Crippen molar-refractivity contribution in [1.82, 2.24) is 25.1 Å². The van der Waals surface area contributed by atoms with Crippen molar-refractivity contribution in [2.45, 2.75) is 26.7 Å². The van der Waals surface area contributed by atoms with E-state index in [0.29, 0.717) is 5.82 Å². The largest absolute Gasteiger partial charge is 0.497 e. The van der Waals surface area contributed by atoms with Gasteiger partial charge in [-0.3, -0.25) is 10.1 Å². The molecule has 6 heteroatoms. The second-order valence-corrected chi connectivity index (χ2v) is 7.30. The average molecular weight is 412 g/mol. The molecule has 1 N–H and O–H groups in total. The number of pyridine rings is 1. The molecule has 3 aromatic heterocycles. The molecule has 0 atom stereocenters. The zero-order valence-corrected chi connectivity index (χ0v) is 18.0. The predicted molar refractivity (Wildman–Crippen MR) is 124 cm³/mol. The summed E-state index contributed by atoms with van der Waals surface area (Å²) < 4.78 is 5.23. The smallest absolute Gasteiger partial charge is 0.161 e. The van der Waals surface area contributed by atoms with Crippen LogP contribution >= 0.6 is 0 Å². The van der Waals surface area contributed by atoms with Crippen molar-refractivity contribution in [3.8, 4) is 17.1 Å². The lowest BCUT2D eigenvalue weighted by atomic mass is 10.1. The van der Waals surface area contributed by atoms with Crippen LogP contribution in [0.3, 0.4) is 0 Å². The van der Waals surface area contributed by atoms with Gasteiger partial charge in [0.25, 0.3) is 0 Å². The first kappa shape index (κ1) is 20.5. The van der Waals surface area contributed by atoms with Crippen LogP contribution in [0.25, 0.3) is 33.2 Å². The van der Waals surface area contributed by atoms with Gasteiger partial charge in [-0.15, -0.1) is 0 Å². The van der Waals surface area contributed by atoms with Crippen LogP contribution in [0.4, 0.5) is 0 Å². The summed E-state index contributed by atoms with van der Waals surface area (Å²) in [5, 5.41) is 9.14. The van der Waals surface area contributed by atoms with E-state index >= 15 is 0 Å². The number of fused-ring (bicyclic) bond motifs is 2. The zero-order chi connectivity index (χ0) is 21.6. The van der Waals surface area contributed by atoms with E-state index in [1.165, 1.54) is 17.4 Å². The number of methoxy groups -OCH3 is 1. The molecule has 156 valence electrons. The highest BCUT2D eigenvalue weighted by Crippen LogP contribution is 2.24. The van der Waals surface area contributed by atoms with Crippen LogP contribution in [0.1, 0.15) is 24.6 Å². The SMILES string of the molecule is CCCc1ccc2cn[nH]c2c1.COc1ccc2nc(-c3cccnc3)nc(C)c2c1. The number of aryl methyl sites for hydroxylation is 2. The van der Waals surface area contributed by atoms with Crippen molar-refractivity contribution >= 4 is 21.8 Å². The van der Waals surface area contributed by atoms with Gasteiger partial charge in [-0.1, -0.05) is 25.5 Å². The molecule has 0 amide bonds. The van der Waals surface area contributed by atoms with Gasteiger partial charge in [-0.25, -0.2) is 9.97 Å². The monoisotopic (exact) mass is 411 g/mol. The van der Waals surface area contributed by atoms with Crippen LogP contribution in [0.5, 0.6) is 5.75 Å². The van der Waals surface area contributed by atoms with Gasteiger partial charge in [0, 0.05) is 34.4 Å². The first-order valence-electron chi connectivity index (χ1n) is 10.3. The summed E-state index contributed by atoms with van der Waals surface area (Å²) in [6.07, 6.45) is 7.70. The standard InChI is InChI=1S/C15H13N3O.C10H12N2/c1-10-13-8-12(19-2)5-6-14(13)18-15(17-10)11-4-3-7-16-9-11;1-2-3-8-4-5-9-7-11-12-10(9)6-8/h3-9H,1-2H3;4-7H,2-3H2,1H3,(H,11,12). The van der Waals surface area contributed by atoms with Gasteiger partial charge < -0.3 is 4.74 Å². The zero-order valence-electron chi connectivity index (χ0n) is 18.0. The summed E-state index contributed by atoms with van der Waals surface area (Å²) in [6, 6.07) is 16.1. The number of rotatable bonds is 4. The molecule has 0 saturated carbocycles. The summed E-state index contributed by atoms with van der Waals surface area (Å²) in [5.41, 5.74) is 5.29. The molecule has 0 saturated heterocycles. The molecule has 0 radical (unpaired) electrons. The van der Waals surface area contributed by atoms with Gasteiger partial charge in [0.05, 0.1) is 24.3 Å². The molecule has 5 aromatic rings. The van der Waals surface area contributed by atoms with E-state index in [1.54, 1.807) is 19.5 Å². The highest BCUT2D eigenvalue weighted by molar-refractivity contribution is 5.84. The summed E-state index contributed by atoms with van der Waals surface area (Å²) in [5.74, 6) is 1.51. The van der Waals surface area contributed by atoms with Crippen LogP contribution in [-0.2, 0) is 6.42 Å². The van der Waals surface area contributed by atoms with Gasteiger partial charge in [0.1, 0.15) is 5.75 Å². The molecule has 5 rings (SSSR count). The van der Waals surface area contributed by atoms with Crippen molar-refractivity contribution in [3.63, 3.8) is 0 Å². The lowest BCUT2D eigenvalue weighted by Gasteiger charge is -2.07. The van der Waals surface area contributed by atoms with Gasteiger partial charge in [-0.05, 0) is 55.3 Å². The predicted octanol–water partition coefficient (Wildman–Crippen LogP) is 5.52. The number of hydrogen-bond donors (Lipinski definition) is 1. The Labute approximate surface area is 181 Å². The minimum Gasteiger partial charge on any atom is -0.497 e. The van der Waals surface area contributed by atoms with Crippen molar-refractivity contribution in [2.75, 3.05) is 7.11 Å². The minimum atomic E-state index is 0.697. The van der Waals surface area contributed by atoms with Gasteiger partial charge in [0.15, 0.2) is 5.82 Å². The minimum absolute atomic E-state index is 0.697. The molecule has 0 aliphatic carbocycles. The van der Waals surface area contributed by atoms with E-state index in [0.717, 1.165) is 39.8 Å². The first-order valence-corrected chi connectivity index (χ1v) is 10.3. The van der Waals surface area contributed by atoms with E-state index in [-0.39, 0.29) is 0 Å². The summed E-state index contributed by atoms with van der Waals surface area (Å²) >= 11 is 0. The number of aromatic amines is 1. The third-order valence-corrected chi connectivity index (χ3v) is 5.06. The summed E-state index contributed by atoms with van der Waals surface area (Å²) in [6.45, 7) is 4.17. The number of nitrogens with zero attached hydrogens (tertiary/aromatic N) is 4. The number of hydrogen-bond acceptors (Lipinski definition) is 5. The molecule has 0 aliphatic heterocycles. The highest BCUT2D eigenvalue weighted by atomic mass is 16.5. The Balaban J connectivity index is 0.000000166. The van der Waals surface area contributed by atoms with E-state index in [2.05, 4.69) is 50.3 Å². The average Bonchev–Trinajstić information content (AvgIpc) is 3.28. The molecule has 2 aromatic carbocycles. The number of nitrogens with one attached hydrogen (secondary N) is 1. The van der Waals surface area contributed by atoms with Crippen molar-refractivity contribution in [1.29, 1.82) is 0 Å². The van der Waals surface area contributed by atoms with E-state index in [9.17, 15) is 0 Å². The first-order chi connectivity index (χ1) is 15.2. The van der Waals surface area contributed by atoms with Crippen molar-refractivity contribution in [2.24, 2.45) is 0 Å². The molecule has 0 spiro atoms. The van der Waals surface area contributed by atoms with Crippen molar-refractivity contribution < 1.29 is 4.74 Å². The molecule has 31 heavy (non-hydrogen) atoms. The van der Waals surface area contributed by atoms with E-state index in [4.69, 9.17) is 4.74 Å². The lowest BCUT2D eigenvalue weighted by Crippen LogP contribution is -1.95. The molecular weight excluding hydrogens is 386 g/mol. The van der Waals surface area contributed by atoms with Crippen LogP contribution in [0, 0.1) is 6.92 Å². The number of H-pyrrole nitrogens is 1. The highest BCUT2D eigenvalue weighted by Gasteiger charge is 2.07. The topological polar surface area (TPSA) is 76.6 Å². The van der Waals surface area contributed by atoms with Crippen LogP contribution < -0.4 is 4.74 Å².